The molecule has 3 aromatic rings. The second kappa shape index (κ2) is 7.44. The normalized spacial score (nSPS) is 11.4. The Morgan fingerprint density at radius 3 is 2.50 bits per heavy atom. The van der Waals surface area contributed by atoms with Crippen LogP contribution in [-0.4, -0.2) is 34.1 Å². The number of primary amides is 1. The molecule has 0 aliphatic carbocycles. The molecular weight excluding hydrogens is 408 g/mol. The molecular formula is C16H15ClN6O4S. The number of halogens is 1. The van der Waals surface area contributed by atoms with Crippen LogP contribution in [0.5, 0.6) is 0 Å². The van der Waals surface area contributed by atoms with Crippen molar-refractivity contribution in [2.45, 2.75) is 18.4 Å². The van der Waals surface area contributed by atoms with Crippen molar-refractivity contribution in [3.8, 4) is 5.69 Å². The van der Waals surface area contributed by atoms with Crippen LogP contribution in [0.4, 0.5) is 5.69 Å². The van der Waals surface area contributed by atoms with Crippen LogP contribution in [0.15, 0.2) is 52.2 Å². The number of nitrogens with zero attached hydrogens (tertiary/aromatic N) is 4. The van der Waals surface area contributed by atoms with Crippen molar-refractivity contribution in [3.05, 3.63) is 63.5 Å². The number of rotatable bonds is 6. The van der Waals surface area contributed by atoms with Gasteiger partial charge in [0.2, 0.25) is 5.91 Å². The summed E-state index contributed by atoms with van der Waals surface area (Å²) in [6, 6.07) is 10.5. The lowest BCUT2D eigenvalue weighted by Gasteiger charge is -2.11. The Hall–Kier alpha value is -3.18. The molecule has 0 saturated carbocycles. The summed E-state index contributed by atoms with van der Waals surface area (Å²) in [5, 5.41) is 7.54. The number of nitrogens with two attached hydrogens (primary N) is 1. The van der Waals surface area contributed by atoms with Crippen LogP contribution in [0.25, 0.3) is 5.69 Å². The second-order valence-corrected chi connectivity index (χ2v) is 7.95. The van der Waals surface area contributed by atoms with Gasteiger partial charge in [-0.2, -0.15) is 9.36 Å². The first-order valence-electron chi connectivity index (χ1n) is 7.88. The molecule has 0 saturated heterocycles. The number of anilines is 1. The van der Waals surface area contributed by atoms with Gasteiger partial charge >= 0.3 is 5.69 Å². The first-order chi connectivity index (χ1) is 13.2. The van der Waals surface area contributed by atoms with Crippen molar-refractivity contribution in [3.63, 3.8) is 0 Å². The topological polar surface area (TPSA) is 142 Å². The minimum atomic E-state index is -3.85. The monoisotopic (exact) mass is 422 g/mol. The van der Waals surface area contributed by atoms with E-state index in [4.69, 9.17) is 17.3 Å². The fourth-order valence-electron chi connectivity index (χ4n) is 2.43. The number of aromatic nitrogens is 4. The zero-order valence-corrected chi connectivity index (χ0v) is 16.1. The Kier molecular flexibility index (Phi) is 5.21. The SMILES string of the molecule is Cc1ccc(Cl)cc1S(=O)(=O)Nc1ccc(-n2nnn(CC(N)=O)c2=O)cc1. The third-order valence-corrected chi connectivity index (χ3v) is 5.51. The molecule has 0 atom stereocenters. The highest BCUT2D eigenvalue weighted by Gasteiger charge is 2.18. The van der Waals surface area contributed by atoms with Crippen LogP contribution in [0, 0.1) is 6.92 Å². The van der Waals surface area contributed by atoms with Crippen molar-refractivity contribution >= 4 is 33.2 Å². The Bertz CT molecular complexity index is 1200. The number of hydrogen-bond donors (Lipinski definition) is 2. The fraction of sp³-hybridized carbons (Fsp3) is 0.125. The van der Waals surface area contributed by atoms with Gasteiger partial charge in [-0.15, -0.1) is 0 Å². The minimum absolute atomic E-state index is 0.0645. The molecule has 3 N–H and O–H groups in total. The van der Waals surface area contributed by atoms with Crippen molar-refractivity contribution < 1.29 is 13.2 Å². The third kappa shape index (κ3) is 4.05. The van der Waals surface area contributed by atoms with E-state index < -0.39 is 28.2 Å². The number of nitrogens with one attached hydrogen (secondary N) is 1. The lowest BCUT2D eigenvalue weighted by molar-refractivity contribution is -0.118. The van der Waals surface area contributed by atoms with Gasteiger partial charge in [0.25, 0.3) is 10.0 Å². The highest BCUT2D eigenvalue weighted by atomic mass is 35.5. The van der Waals surface area contributed by atoms with E-state index in [9.17, 15) is 18.0 Å². The van der Waals surface area contributed by atoms with E-state index in [2.05, 4.69) is 15.1 Å². The highest BCUT2D eigenvalue weighted by molar-refractivity contribution is 7.92. The maximum absolute atomic E-state index is 12.6. The van der Waals surface area contributed by atoms with E-state index in [0.29, 0.717) is 16.3 Å². The molecule has 0 aliphatic heterocycles. The van der Waals surface area contributed by atoms with Crippen molar-refractivity contribution in [1.82, 2.24) is 19.8 Å². The lowest BCUT2D eigenvalue weighted by Crippen LogP contribution is -2.30. The number of hydrogen-bond acceptors (Lipinski definition) is 6. The zero-order chi connectivity index (χ0) is 20.5. The van der Waals surface area contributed by atoms with Crippen LogP contribution in [0.1, 0.15) is 5.56 Å². The molecule has 146 valence electrons. The molecule has 12 heteroatoms. The Balaban J connectivity index is 1.85. The van der Waals surface area contributed by atoms with E-state index in [1.54, 1.807) is 19.1 Å². The highest BCUT2D eigenvalue weighted by Crippen LogP contribution is 2.23. The number of carbonyl (C=O) groups excluding carboxylic acids is 1. The molecule has 0 bridgehead atoms. The zero-order valence-electron chi connectivity index (χ0n) is 14.5. The van der Waals surface area contributed by atoms with Crippen molar-refractivity contribution in [2.75, 3.05) is 4.72 Å². The molecule has 0 fully saturated rings. The standard InChI is InChI=1S/C16H15ClN6O4S/c1-10-2-3-11(17)8-14(10)28(26,27)19-12-4-6-13(7-5-12)23-16(25)22(20-21-23)9-15(18)24/h2-8,19H,9H2,1H3,(H2,18,24). The van der Waals surface area contributed by atoms with Gasteiger partial charge in [0.1, 0.15) is 6.54 Å². The van der Waals surface area contributed by atoms with E-state index in [0.717, 1.165) is 9.36 Å². The predicted molar refractivity (Wildman–Crippen MR) is 102 cm³/mol. The van der Waals surface area contributed by atoms with Gasteiger partial charge in [0.15, 0.2) is 0 Å². The summed E-state index contributed by atoms with van der Waals surface area (Å²) in [6.07, 6.45) is 0. The van der Waals surface area contributed by atoms with Gasteiger partial charge < -0.3 is 5.73 Å². The molecule has 0 radical (unpaired) electrons. The third-order valence-electron chi connectivity index (χ3n) is 3.75. The molecule has 1 heterocycles. The average molecular weight is 423 g/mol. The van der Waals surface area contributed by atoms with Gasteiger partial charge in [-0.25, -0.2) is 13.2 Å². The Labute approximate surface area is 164 Å². The smallest absolute Gasteiger partial charge is 0.368 e. The lowest BCUT2D eigenvalue weighted by atomic mass is 10.2. The van der Waals surface area contributed by atoms with Crippen molar-refractivity contribution in [2.24, 2.45) is 5.73 Å². The quantitative estimate of drug-likeness (QED) is 0.598. The van der Waals surface area contributed by atoms with Gasteiger partial charge in [0.05, 0.1) is 10.6 Å². The number of aryl methyl sites for hydroxylation is 1. The number of sulfonamides is 1. The summed E-state index contributed by atoms with van der Waals surface area (Å²) in [6.45, 7) is 1.27. The van der Waals surface area contributed by atoms with Crippen LogP contribution in [0.2, 0.25) is 5.02 Å². The van der Waals surface area contributed by atoms with Crippen LogP contribution in [0.3, 0.4) is 0 Å². The number of carbonyl (C=O) groups is 1. The van der Waals surface area contributed by atoms with Gasteiger partial charge in [-0.3, -0.25) is 9.52 Å². The molecule has 3 rings (SSSR count). The maximum atomic E-state index is 12.6. The van der Waals surface area contributed by atoms with E-state index in [-0.39, 0.29) is 10.6 Å². The predicted octanol–water partition coefficient (Wildman–Crippen LogP) is 0.677. The van der Waals surface area contributed by atoms with Gasteiger partial charge in [-0.05, 0) is 59.3 Å². The minimum Gasteiger partial charge on any atom is -0.368 e. The summed E-state index contributed by atoms with van der Waals surface area (Å²) >= 11 is 5.89. The van der Waals surface area contributed by atoms with Crippen LogP contribution < -0.4 is 16.1 Å². The molecule has 1 amide bonds. The fourth-order valence-corrected chi connectivity index (χ4v) is 3.99. The number of amides is 1. The van der Waals surface area contributed by atoms with Gasteiger partial charge in [0, 0.05) is 10.7 Å². The van der Waals surface area contributed by atoms with Gasteiger partial charge in [-0.1, -0.05) is 17.7 Å². The molecule has 2 aromatic carbocycles. The molecule has 0 aliphatic rings. The summed E-state index contributed by atoms with van der Waals surface area (Å²) in [4.78, 5) is 23.1. The molecule has 0 unspecified atom stereocenters. The number of tetrazole rings is 1. The Morgan fingerprint density at radius 2 is 1.86 bits per heavy atom. The van der Waals surface area contributed by atoms with Crippen molar-refractivity contribution in [1.29, 1.82) is 0 Å². The van der Waals surface area contributed by atoms with Crippen LogP contribution >= 0.6 is 11.6 Å². The summed E-state index contributed by atoms with van der Waals surface area (Å²) in [5.41, 5.74) is 5.55. The van der Waals surface area contributed by atoms with E-state index in [1.807, 2.05) is 0 Å². The maximum Gasteiger partial charge on any atom is 0.368 e. The molecule has 28 heavy (non-hydrogen) atoms. The summed E-state index contributed by atoms with van der Waals surface area (Å²) < 4.78 is 29.4. The largest absolute Gasteiger partial charge is 0.368 e. The molecule has 1 aromatic heterocycles. The first kappa shape index (κ1) is 19.6. The average Bonchev–Trinajstić information content (AvgIpc) is 2.97. The molecule has 10 nitrogen and oxygen atoms in total. The Morgan fingerprint density at radius 1 is 1.18 bits per heavy atom. The van der Waals surface area contributed by atoms with E-state index in [1.165, 1.54) is 30.3 Å². The molecule has 0 spiro atoms. The van der Waals surface area contributed by atoms with E-state index >= 15 is 0 Å². The van der Waals surface area contributed by atoms with Crippen LogP contribution in [-0.2, 0) is 21.4 Å². The number of benzene rings is 2. The second-order valence-electron chi connectivity index (χ2n) is 5.86. The summed E-state index contributed by atoms with van der Waals surface area (Å²) in [5.74, 6) is -0.727. The summed E-state index contributed by atoms with van der Waals surface area (Å²) in [7, 11) is -3.85. The first-order valence-corrected chi connectivity index (χ1v) is 9.74.